The first-order valence-electron chi connectivity index (χ1n) is 13.3. The first kappa shape index (κ1) is 24.9. The van der Waals surface area contributed by atoms with Crippen LogP contribution in [0.2, 0.25) is 0 Å². The van der Waals surface area contributed by atoms with Crippen LogP contribution in [0.25, 0.3) is 0 Å². The summed E-state index contributed by atoms with van der Waals surface area (Å²) in [5.74, 6) is -0.248. The van der Waals surface area contributed by atoms with Crippen LogP contribution in [-0.2, 0) is 9.53 Å². The molecular weight excluding hydrogens is 432 g/mol. The molecule has 0 spiro atoms. The van der Waals surface area contributed by atoms with Crippen molar-refractivity contribution < 1.29 is 30.0 Å². The van der Waals surface area contributed by atoms with Gasteiger partial charge in [-0.1, -0.05) is 20.8 Å². The molecule has 0 aromatic rings. The molecular formula is C28H44O6. The van der Waals surface area contributed by atoms with Crippen LogP contribution in [0.15, 0.2) is 11.6 Å². The molecule has 6 nitrogen and oxygen atoms in total. The maximum Gasteiger partial charge on any atom is 0.162 e. The maximum absolute atomic E-state index is 13.6. The zero-order valence-electron chi connectivity index (χ0n) is 21.7. The van der Waals surface area contributed by atoms with Crippen molar-refractivity contribution in [1.82, 2.24) is 0 Å². The number of rotatable bonds is 2. The van der Waals surface area contributed by atoms with Crippen LogP contribution in [-0.4, -0.2) is 61.3 Å². The Morgan fingerprint density at radius 2 is 1.59 bits per heavy atom. The van der Waals surface area contributed by atoms with Crippen LogP contribution in [0.1, 0.15) is 92.9 Å². The summed E-state index contributed by atoms with van der Waals surface area (Å²) in [5, 5.41) is 45.3. The topological polar surface area (TPSA) is 107 Å². The second-order valence-corrected chi connectivity index (χ2v) is 13.8. The first-order valence-corrected chi connectivity index (χ1v) is 13.3. The van der Waals surface area contributed by atoms with Crippen LogP contribution in [0, 0.1) is 28.1 Å². The third-order valence-electron chi connectivity index (χ3n) is 11.7. The fraction of sp³-hybridized carbons (Fsp3) is 0.893. The number of ether oxygens (including phenoxy) is 1. The lowest BCUT2D eigenvalue weighted by Gasteiger charge is -2.63. The van der Waals surface area contributed by atoms with E-state index in [9.17, 15) is 25.2 Å². The maximum atomic E-state index is 13.6. The van der Waals surface area contributed by atoms with Crippen LogP contribution in [0.3, 0.4) is 0 Å². The Kier molecular flexibility index (Phi) is 5.24. The minimum Gasteiger partial charge on any atom is -0.390 e. The van der Waals surface area contributed by atoms with Crippen molar-refractivity contribution in [3.8, 4) is 0 Å². The molecule has 1 saturated heterocycles. The molecule has 0 aromatic carbocycles. The third-order valence-corrected chi connectivity index (χ3v) is 11.7. The van der Waals surface area contributed by atoms with Gasteiger partial charge in [-0.3, -0.25) is 4.79 Å². The van der Waals surface area contributed by atoms with Gasteiger partial charge in [0, 0.05) is 10.8 Å². The Hall–Kier alpha value is -0.790. The Morgan fingerprint density at radius 1 is 0.941 bits per heavy atom. The zero-order chi connectivity index (χ0) is 25.1. The van der Waals surface area contributed by atoms with Crippen molar-refractivity contribution in [3.05, 3.63) is 11.6 Å². The van der Waals surface area contributed by atoms with Crippen molar-refractivity contribution in [2.45, 2.75) is 128 Å². The van der Waals surface area contributed by atoms with Gasteiger partial charge in [-0.2, -0.15) is 0 Å². The summed E-state index contributed by atoms with van der Waals surface area (Å²) < 4.78 is 6.28. The minimum atomic E-state index is -1.18. The summed E-state index contributed by atoms with van der Waals surface area (Å²) in [6.45, 7) is 12.1. The molecule has 10 atom stereocenters. The third kappa shape index (κ3) is 2.95. The molecule has 1 aliphatic heterocycles. The summed E-state index contributed by atoms with van der Waals surface area (Å²) in [6.07, 6.45) is 4.62. The molecule has 3 saturated carbocycles. The predicted octanol–water partition coefficient (Wildman–Crippen LogP) is 3.29. The van der Waals surface area contributed by atoms with Gasteiger partial charge in [-0.25, -0.2) is 0 Å². The average Bonchev–Trinajstić information content (AvgIpc) is 3.23. The van der Waals surface area contributed by atoms with E-state index in [1.807, 2.05) is 13.8 Å². The lowest BCUT2D eigenvalue weighted by molar-refractivity contribution is -0.195. The Labute approximate surface area is 203 Å². The molecule has 1 heterocycles. The molecule has 5 aliphatic rings. The summed E-state index contributed by atoms with van der Waals surface area (Å²) in [5.41, 5.74) is -3.61. The number of ketones is 1. The second kappa shape index (κ2) is 7.16. The van der Waals surface area contributed by atoms with E-state index in [1.54, 1.807) is 6.08 Å². The average molecular weight is 477 g/mol. The molecule has 34 heavy (non-hydrogen) atoms. The van der Waals surface area contributed by atoms with Crippen LogP contribution >= 0.6 is 0 Å². The minimum absolute atomic E-state index is 0.0409. The molecule has 192 valence electrons. The zero-order valence-corrected chi connectivity index (χ0v) is 21.7. The summed E-state index contributed by atoms with van der Waals surface area (Å²) in [6, 6.07) is 0. The van der Waals surface area contributed by atoms with Gasteiger partial charge in [0.25, 0.3) is 0 Å². The Balaban J connectivity index is 1.53. The van der Waals surface area contributed by atoms with Crippen molar-refractivity contribution in [2.24, 2.45) is 28.1 Å². The Morgan fingerprint density at radius 3 is 2.21 bits per heavy atom. The van der Waals surface area contributed by atoms with Gasteiger partial charge in [0.15, 0.2) is 5.78 Å². The molecule has 0 bridgehead atoms. The number of carbonyl (C=O) groups excluding carboxylic acids is 1. The number of fused-ring (bicyclic) bond motifs is 5. The highest BCUT2D eigenvalue weighted by Crippen LogP contribution is 2.70. The fourth-order valence-electron chi connectivity index (χ4n) is 9.22. The smallest absolute Gasteiger partial charge is 0.162 e. The second-order valence-electron chi connectivity index (χ2n) is 13.8. The lowest BCUT2D eigenvalue weighted by Crippen LogP contribution is -2.65. The molecule has 0 unspecified atom stereocenters. The Bertz CT molecular complexity index is 924. The van der Waals surface area contributed by atoms with Crippen LogP contribution in [0.4, 0.5) is 0 Å². The van der Waals surface area contributed by atoms with E-state index in [-0.39, 0.29) is 35.7 Å². The van der Waals surface area contributed by atoms with Crippen molar-refractivity contribution >= 4 is 5.78 Å². The van der Waals surface area contributed by atoms with E-state index in [1.165, 1.54) is 0 Å². The predicted molar refractivity (Wildman–Crippen MR) is 128 cm³/mol. The SMILES string of the molecule is CC1(C)CC[C@H]([C@@](C)(O)[C@H]2CC[C@@]3(O)C4=CC(=O)[C@]5(C)C[C@@H](O)[C@H](O)C[C@]5(C)[C@H]4CC[C@]23C)O1. The standard InChI is InChI=1S/C28H44O6/c1-23(2)10-9-22(34-23)27(6,32)20-8-12-28(33)17-13-21(31)26(5)15-19(30)18(29)14-25(26,4)16(17)7-11-24(20,28)3/h13,16,18-20,22,29-30,32-33H,7-12,14-15H2,1-6H3/t16-,18+,19+,20-,22+,24+,25+,26-,27-,28+/m0/s1. The van der Waals surface area contributed by atoms with Crippen molar-refractivity contribution in [2.75, 3.05) is 0 Å². The molecule has 0 radical (unpaired) electrons. The molecule has 0 aromatic heterocycles. The van der Waals surface area contributed by atoms with Crippen molar-refractivity contribution in [1.29, 1.82) is 0 Å². The molecule has 4 aliphatic carbocycles. The molecule has 5 rings (SSSR count). The van der Waals surface area contributed by atoms with Gasteiger partial charge >= 0.3 is 0 Å². The number of aliphatic hydroxyl groups excluding tert-OH is 2. The van der Waals surface area contributed by atoms with E-state index in [2.05, 4.69) is 27.7 Å². The van der Waals surface area contributed by atoms with Crippen LogP contribution in [0.5, 0.6) is 0 Å². The lowest BCUT2D eigenvalue weighted by atomic mass is 9.41. The van der Waals surface area contributed by atoms with E-state index in [4.69, 9.17) is 4.74 Å². The van der Waals surface area contributed by atoms with Gasteiger partial charge in [-0.15, -0.1) is 0 Å². The van der Waals surface area contributed by atoms with Gasteiger partial charge in [-0.05, 0) is 101 Å². The van der Waals surface area contributed by atoms with Gasteiger partial charge in [0.05, 0.1) is 35.1 Å². The summed E-state index contributed by atoms with van der Waals surface area (Å²) >= 11 is 0. The highest BCUT2D eigenvalue weighted by molar-refractivity contribution is 5.97. The van der Waals surface area contributed by atoms with Gasteiger partial charge in [0.2, 0.25) is 0 Å². The van der Waals surface area contributed by atoms with E-state index in [0.29, 0.717) is 19.3 Å². The normalized spacial score (nSPS) is 54.0. The van der Waals surface area contributed by atoms with Gasteiger partial charge in [0.1, 0.15) is 0 Å². The summed E-state index contributed by atoms with van der Waals surface area (Å²) in [4.78, 5) is 13.6. The molecule has 6 heteroatoms. The fourth-order valence-corrected chi connectivity index (χ4v) is 9.22. The van der Waals surface area contributed by atoms with Crippen molar-refractivity contribution in [3.63, 3.8) is 0 Å². The molecule has 0 amide bonds. The number of carbonyl (C=O) groups is 1. The highest BCUT2D eigenvalue weighted by Gasteiger charge is 2.71. The quantitative estimate of drug-likeness (QED) is 0.487. The number of hydrogen-bond donors (Lipinski definition) is 4. The molecule has 4 fully saturated rings. The van der Waals surface area contributed by atoms with E-state index >= 15 is 0 Å². The monoisotopic (exact) mass is 476 g/mol. The van der Waals surface area contributed by atoms with E-state index in [0.717, 1.165) is 31.3 Å². The molecule has 4 N–H and O–H groups in total. The van der Waals surface area contributed by atoms with Crippen LogP contribution < -0.4 is 0 Å². The van der Waals surface area contributed by atoms with Gasteiger partial charge < -0.3 is 25.2 Å². The van der Waals surface area contributed by atoms with E-state index < -0.39 is 39.7 Å². The number of allylic oxidation sites excluding steroid dienone is 1. The largest absolute Gasteiger partial charge is 0.390 e. The first-order chi connectivity index (χ1) is 15.5. The number of aliphatic hydroxyl groups is 4. The number of hydrogen-bond acceptors (Lipinski definition) is 6. The summed E-state index contributed by atoms with van der Waals surface area (Å²) in [7, 11) is 0. The highest BCUT2D eigenvalue weighted by atomic mass is 16.5.